The molecule has 0 bridgehead atoms. The quantitative estimate of drug-likeness (QED) is 0.422. The lowest BCUT2D eigenvalue weighted by Crippen LogP contribution is -2.26. The number of hydrogen-bond acceptors (Lipinski definition) is 10. The average molecular weight is 550 g/mol. The molecular formula is C19H19ClF3N7O5S. The summed E-state index contributed by atoms with van der Waals surface area (Å²) in [5.41, 5.74) is 0.167. The molecular weight excluding hydrogens is 531 g/mol. The lowest BCUT2D eigenvalue weighted by molar-refractivity contribution is -0.153. The van der Waals surface area contributed by atoms with E-state index in [2.05, 4.69) is 29.9 Å². The molecule has 36 heavy (non-hydrogen) atoms. The number of sulfonamides is 1. The van der Waals surface area contributed by atoms with Crippen LogP contribution >= 0.6 is 11.6 Å². The van der Waals surface area contributed by atoms with Crippen LogP contribution < -0.4 is 14.2 Å². The molecule has 194 valence electrons. The van der Waals surface area contributed by atoms with Crippen molar-refractivity contribution in [3.8, 4) is 22.9 Å². The summed E-state index contributed by atoms with van der Waals surface area (Å²) in [5.74, 6) is -0.397. The summed E-state index contributed by atoms with van der Waals surface area (Å²) in [5, 5.41) is 8.32. The Kier molecular flexibility index (Phi) is 7.46. The summed E-state index contributed by atoms with van der Waals surface area (Å²) in [6, 6.07) is -0.639. The molecule has 0 fully saturated rings. The Morgan fingerprint density at radius 2 is 1.97 bits per heavy atom. The molecule has 1 aliphatic heterocycles. The molecule has 1 atom stereocenters. The summed E-state index contributed by atoms with van der Waals surface area (Å²) in [6.45, 7) is -1.60. The number of aryl methyl sites for hydroxylation is 1. The number of nitrogens with one attached hydrogen (secondary N) is 1. The van der Waals surface area contributed by atoms with Crippen molar-refractivity contribution in [2.45, 2.75) is 18.6 Å². The van der Waals surface area contributed by atoms with Crippen LogP contribution in [-0.2, 0) is 21.2 Å². The molecule has 1 N–H and O–H groups in total. The Bertz CT molecular complexity index is 1320. The number of alkyl halides is 3. The van der Waals surface area contributed by atoms with Gasteiger partial charge in [0.15, 0.2) is 23.9 Å². The number of aromatic nitrogens is 6. The summed E-state index contributed by atoms with van der Waals surface area (Å²) >= 11 is 5.74. The molecule has 4 heterocycles. The molecule has 12 nitrogen and oxygen atoms in total. The third kappa shape index (κ3) is 6.11. The van der Waals surface area contributed by atoms with E-state index in [1.807, 2.05) is 0 Å². The third-order valence-electron chi connectivity index (χ3n) is 4.85. The molecule has 0 unspecified atom stereocenters. The normalized spacial score (nSPS) is 15.4. The summed E-state index contributed by atoms with van der Waals surface area (Å²) < 4.78 is 83.3. The van der Waals surface area contributed by atoms with Gasteiger partial charge in [-0.15, -0.1) is 10.2 Å². The van der Waals surface area contributed by atoms with Crippen molar-refractivity contribution < 1.29 is 35.8 Å². The molecule has 3 aromatic heterocycles. The molecule has 0 spiro atoms. The number of anilines is 1. The van der Waals surface area contributed by atoms with Gasteiger partial charge < -0.3 is 14.2 Å². The lowest BCUT2D eigenvalue weighted by atomic mass is 10.2. The number of fused-ring (bicyclic) bond motifs is 3. The highest BCUT2D eigenvalue weighted by atomic mass is 35.5. The summed E-state index contributed by atoms with van der Waals surface area (Å²) in [6.07, 6.45) is 0.539. The first-order valence-electron chi connectivity index (χ1n) is 10.3. The SMILES string of the molecule is COC[C@H]1COc2c(OCC(F)(F)F)cncc2-c2nnc(NS(=O)(=O)CCc3ncc(Cl)cn3)n21. The molecule has 3 aromatic rings. The molecule has 0 amide bonds. The van der Waals surface area contributed by atoms with Gasteiger partial charge in [0.1, 0.15) is 12.4 Å². The van der Waals surface area contributed by atoms with Crippen LogP contribution in [0.2, 0.25) is 5.02 Å². The Morgan fingerprint density at radius 3 is 2.67 bits per heavy atom. The van der Waals surface area contributed by atoms with E-state index in [4.69, 9.17) is 25.8 Å². The largest absolute Gasteiger partial charge is 0.487 e. The number of rotatable bonds is 9. The van der Waals surface area contributed by atoms with Crippen LogP contribution in [0.1, 0.15) is 11.9 Å². The van der Waals surface area contributed by atoms with Crippen LogP contribution in [-0.4, -0.2) is 77.0 Å². The van der Waals surface area contributed by atoms with E-state index in [1.165, 1.54) is 30.3 Å². The highest BCUT2D eigenvalue weighted by molar-refractivity contribution is 7.92. The number of halogens is 4. The smallest absolute Gasteiger partial charge is 0.422 e. The molecule has 0 saturated heterocycles. The number of hydrogen-bond donors (Lipinski definition) is 1. The highest BCUT2D eigenvalue weighted by Gasteiger charge is 2.33. The fourth-order valence-corrected chi connectivity index (χ4v) is 4.41. The lowest BCUT2D eigenvalue weighted by Gasteiger charge is -2.19. The maximum atomic E-state index is 12.8. The predicted molar refractivity (Wildman–Crippen MR) is 119 cm³/mol. The van der Waals surface area contributed by atoms with E-state index in [0.717, 1.165) is 6.20 Å². The second-order valence-corrected chi connectivity index (χ2v) is 9.82. The van der Waals surface area contributed by atoms with Crippen molar-refractivity contribution in [3.05, 3.63) is 35.6 Å². The van der Waals surface area contributed by atoms with Crippen LogP contribution in [0.3, 0.4) is 0 Å². The number of pyridine rings is 1. The summed E-state index contributed by atoms with van der Waals surface area (Å²) in [4.78, 5) is 11.9. The number of methoxy groups -OCH3 is 1. The zero-order valence-electron chi connectivity index (χ0n) is 18.6. The zero-order chi connectivity index (χ0) is 25.9. The van der Waals surface area contributed by atoms with Crippen molar-refractivity contribution >= 4 is 27.6 Å². The van der Waals surface area contributed by atoms with Crippen molar-refractivity contribution in [3.63, 3.8) is 0 Å². The first-order chi connectivity index (χ1) is 17.1. The Labute approximate surface area is 207 Å². The first-order valence-corrected chi connectivity index (χ1v) is 12.3. The fraction of sp³-hybridized carbons (Fsp3) is 0.421. The van der Waals surface area contributed by atoms with E-state index in [1.54, 1.807) is 0 Å². The molecule has 17 heteroatoms. The highest BCUT2D eigenvalue weighted by Crippen LogP contribution is 2.41. The number of ether oxygens (including phenoxy) is 3. The van der Waals surface area contributed by atoms with Gasteiger partial charge in [-0.1, -0.05) is 11.6 Å². The zero-order valence-corrected chi connectivity index (χ0v) is 20.1. The van der Waals surface area contributed by atoms with Gasteiger partial charge in [0.2, 0.25) is 16.0 Å². The van der Waals surface area contributed by atoms with Gasteiger partial charge in [0.25, 0.3) is 0 Å². The molecule has 0 radical (unpaired) electrons. The Balaban J connectivity index is 1.63. The van der Waals surface area contributed by atoms with E-state index in [9.17, 15) is 21.6 Å². The van der Waals surface area contributed by atoms with Crippen LogP contribution in [0.15, 0.2) is 24.8 Å². The average Bonchev–Trinajstić information content (AvgIpc) is 3.14. The van der Waals surface area contributed by atoms with Gasteiger partial charge >= 0.3 is 6.18 Å². The van der Waals surface area contributed by atoms with Crippen LogP contribution in [0.5, 0.6) is 11.5 Å². The monoisotopic (exact) mass is 549 g/mol. The van der Waals surface area contributed by atoms with Crippen molar-refractivity contribution in [1.29, 1.82) is 0 Å². The standard InChI is InChI=1S/C19H19ClF3N7O5S/c1-33-8-12-9-34-16-13(6-24-7-14(16)35-10-19(21,22)23)17-27-28-18(30(12)17)29-36(31,32)3-2-15-25-4-11(20)5-26-15/h4-7,12H,2-3,8-10H2,1H3,(H,28,29)/t12-/m0/s1. The molecule has 1 aliphatic rings. The van der Waals surface area contributed by atoms with E-state index >= 15 is 0 Å². The topological polar surface area (TPSA) is 143 Å². The van der Waals surface area contributed by atoms with Crippen molar-refractivity contribution in [2.75, 3.05) is 37.4 Å². The first kappa shape index (κ1) is 25.8. The van der Waals surface area contributed by atoms with Gasteiger partial charge in [-0.2, -0.15) is 13.2 Å². The van der Waals surface area contributed by atoms with Gasteiger partial charge in [0, 0.05) is 32.1 Å². The van der Waals surface area contributed by atoms with Crippen molar-refractivity contribution in [1.82, 2.24) is 29.7 Å². The van der Waals surface area contributed by atoms with Gasteiger partial charge in [-0.05, 0) is 0 Å². The van der Waals surface area contributed by atoms with E-state index in [-0.39, 0.29) is 60.0 Å². The second kappa shape index (κ2) is 10.4. The van der Waals surface area contributed by atoms with E-state index < -0.39 is 28.8 Å². The fourth-order valence-electron chi connectivity index (χ4n) is 3.34. The predicted octanol–water partition coefficient (Wildman–Crippen LogP) is 2.29. The minimum absolute atomic E-state index is 0.00473. The van der Waals surface area contributed by atoms with Crippen LogP contribution in [0, 0.1) is 0 Å². The maximum absolute atomic E-state index is 12.8. The van der Waals surface area contributed by atoms with Gasteiger partial charge in [-0.25, -0.2) is 18.4 Å². The number of nitrogens with zero attached hydrogens (tertiary/aromatic N) is 6. The van der Waals surface area contributed by atoms with Crippen molar-refractivity contribution in [2.24, 2.45) is 0 Å². The van der Waals surface area contributed by atoms with E-state index in [0.29, 0.717) is 5.02 Å². The Hall–Kier alpha value is -3.24. The van der Waals surface area contributed by atoms with Crippen LogP contribution in [0.4, 0.5) is 19.1 Å². The Morgan fingerprint density at radius 1 is 1.22 bits per heavy atom. The molecule has 4 rings (SSSR count). The van der Waals surface area contributed by atoms with Crippen LogP contribution in [0.25, 0.3) is 11.4 Å². The molecule has 0 aromatic carbocycles. The third-order valence-corrected chi connectivity index (χ3v) is 6.28. The van der Waals surface area contributed by atoms with Gasteiger partial charge in [-0.3, -0.25) is 14.3 Å². The van der Waals surface area contributed by atoms with Gasteiger partial charge in [0.05, 0.1) is 35.2 Å². The minimum atomic E-state index is -4.57. The molecule has 0 saturated carbocycles. The second-order valence-electron chi connectivity index (χ2n) is 7.54. The maximum Gasteiger partial charge on any atom is 0.422 e. The summed E-state index contributed by atoms with van der Waals surface area (Å²) in [7, 11) is -2.51. The molecule has 0 aliphatic carbocycles. The minimum Gasteiger partial charge on any atom is -0.487 e.